The number of piperidine rings is 1. The van der Waals surface area contributed by atoms with Gasteiger partial charge in [0.15, 0.2) is 0 Å². The van der Waals surface area contributed by atoms with Crippen LogP contribution in [0.15, 0.2) is 0 Å². The lowest BCUT2D eigenvalue weighted by molar-refractivity contribution is 0.228. The van der Waals surface area contributed by atoms with E-state index in [-0.39, 0.29) is 11.3 Å². The van der Waals surface area contributed by atoms with E-state index in [4.69, 9.17) is 5.26 Å². The Kier molecular flexibility index (Phi) is 5.20. The lowest BCUT2D eigenvalue weighted by Crippen LogP contribution is -2.47. The van der Waals surface area contributed by atoms with Gasteiger partial charge in [0.25, 0.3) is 0 Å². The van der Waals surface area contributed by atoms with Gasteiger partial charge in [-0.05, 0) is 25.7 Å². The molecule has 1 heterocycles. The monoisotopic (exact) mass is 285 g/mol. The standard InChI is InChI=1S/C13H23N3O2S/c14-8-11-16-9-6-12(7-10-16)15-19(17,18)13-4-2-1-3-5-13/h12-13,15H,1-7,9-11H2. The summed E-state index contributed by atoms with van der Waals surface area (Å²) in [5.74, 6) is 0. The van der Waals surface area contributed by atoms with Gasteiger partial charge in [0.1, 0.15) is 0 Å². The highest BCUT2D eigenvalue weighted by molar-refractivity contribution is 7.90. The molecule has 1 aliphatic heterocycles. The van der Waals surface area contributed by atoms with E-state index < -0.39 is 10.0 Å². The number of hydrogen-bond donors (Lipinski definition) is 1. The Morgan fingerprint density at radius 1 is 1.11 bits per heavy atom. The van der Waals surface area contributed by atoms with Gasteiger partial charge in [-0.15, -0.1) is 0 Å². The number of nitrogens with one attached hydrogen (secondary N) is 1. The predicted molar refractivity (Wildman–Crippen MR) is 74.0 cm³/mol. The Hall–Kier alpha value is -0.640. The lowest BCUT2D eigenvalue weighted by Gasteiger charge is -2.32. The predicted octanol–water partition coefficient (Wildman–Crippen LogP) is 1.23. The summed E-state index contributed by atoms with van der Waals surface area (Å²) < 4.78 is 27.5. The first kappa shape index (κ1) is 14.8. The van der Waals surface area contributed by atoms with Crippen molar-refractivity contribution in [2.24, 2.45) is 0 Å². The van der Waals surface area contributed by atoms with Gasteiger partial charge in [0.05, 0.1) is 17.9 Å². The molecule has 0 amide bonds. The third-order valence-electron chi connectivity index (χ3n) is 4.20. The SMILES string of the molecule is N#CCN1CCC(NS(=O)(=O)C2CCCCC2)CC1. The van der Waals surface area contributed by atoms with Crippen molar-refractivity contribution < 1.29 is 8.42 Å². The van der Waals surface area contributed by atoms with E-state index >= 15 is 0 Å². The zero-order valence-corrected chi connectivity index (χ0v) is 12.2. The van der Waals surface area contributed by atoms with E-state index in [9.17, 15) is 8.42 Å². The normalized spacial score (nSPS) is 24.2. The second kappa shape index (κ2) is 6.69. The molecule has 0 aromatic carbocycles. The van der Waals surface area contributed by atoms with Crippen LogP contribution in [0.3, 0.4) is 0 Å². The summed E-state index contributed by atoms with van der Waals surface area (Å²) in [6, 6.07) is 2.20. The van der Waals surface area contributed by atoms with E-state index in [1.165, 1.54) is 6.42 Å². The van der Waals surface area contributed by atoms with Crippen molar-refractivity contribution in [3.63, 3.8) is 0 Å². The van der Waals surface area contributed by atoms with Gasteiger partial charge in [-0.1, -0.05) is 19.3 Å². The molecule has 2 rings (SSSR count). The molecule has 0 radical (unpaired) electrons. The van der Waals surface area contributed by atoms with Gasteiger partial charge in [-0.25, -0.2) is 13.1 Å². The molecular weight excluding hydrogens is 262 g/mol. The quantitative estimate of drug-likeness (QED) is 0.788. The Morgan fingerprint density at radius 3 is 2.32 bits per heavy atom. The molecule has 2 aliphatic rings. The first-order chi connectivity index (χ1) is 9.12. The summed E-state index contributed by atoms with van der Waals surface area (Å²) in [5, 5.41) is 8.46. The van der Waals surface area contributed by atoms with Crippen LogP contribution in [0.25, 0.3) is 0 Å². The Bertz CT molecular complexity index is 416. The molecular formula is C13H23N3O2S. The molecule has 0 bridgehead atoms. The molecule has 108 valence electrons. The van der Waals surface area contributed by atoms with Gasteiger partial charge in [0, 0.05) is 19.1 Å². The van der Waals surface area contributed by atoms with E-state index in [0.29, 0.717) is 6.54 Å². The van der Waals surface area contributed by atoms with Gasteiger partial charge in [0.2, 0.25) is 10.0 Å². The molecule has 0 aromatic rings. The van der Waals surface area contributed by atoms with Gasteiger partial charge in [-0.3, -0.25) is 4.90 Å². The third-order valence-corrected chi connectivity index (χ3v) is 6.21. The van der Waals surface area contributed by atoms with Crippen molar-refractivity contribution in [3.8, 4) is 6.07 Å². The van der Waals surface area contributed by atoms with E-state index in [1.54, 1.807) is 0 Å². The number of hydrogen-bond acceptors (Lipinski definition) is 4. The van der Waals surface area contributed by atoms with Crippen LogP contribution in [0.1, 0.15) is 44.9 Å². The first-order valence-electron chi connectivity index (χ1n) is 7.22. The van der Waals surface area contributed by atoms with E-state index in [2.05, 4.69) is 15.7 Å². The molecule has 2 fully saturated rings. The molecule has 1 aliphatic carbocycles. The summed E-state index contributed by atoms with van der Waals surface area (Å²) in [5.41, 5.74) is 0. The van der Waals surface area contributed by atoms with Crippen LogP contribution >= 0.6 is 0 Å². The molecule has 19 heavy (non-hydrogen) atoms. The van der Waals surface area contributed by atoms with Crippen LogP contribution in [0, 0.1) is 11.3 Å². The summed E-state index contributed by atoms with van der Waals surface area (Å²) in [6.45, 7) is 2.07. The van der Waals surface area contributed by atoms with Crippen molar-refractivity contribution in [2.45, 2.75) is 56.2 Å². The highest BCUT2D eigenvalue weighted by Gasteiger charge is 2.30. The number of rotatable bonds is 4. The fourth-order valence-electron chi connectivity index (χ4n) is 3.01. The Balaban J connectivity index is 1.82. The van der Waals surface area contributed by atoms with Gasteiger partial charge >= 0.3 is 0 Å². The second-order valence-electron chi connectivity index (χ2n) is 5.63. The van der Waals surface area contributed by atoms with Gasteiger partial charge < -0.3 is 0 Å². The number of nitrogens with zero attached hydrogens (tertiary/aromatic N) is 2. The van der Waals surface area contributed by atoms with Crippen LogP contribution in [-0.4, -0.2) is 44.2 Å². The Labute approximate surface area is 116 Å². The van der Waals surface area contributed by atoms with E-state index in [1.807, 2.05) is 0 Å². The van der Waals surface area contributed by atoms with Crippen molar-refractivity contribution in [2.75, 3.05) is 19.6 Å². The maximum Gasteiger partial charge on any atom is 0.214 e. The fourth-order valence-corrected chi connectivity index (χ4v) is 4.86. The Morgan fingerprint density at radius 2 is 1.74 bits per heavy atom. The molecule has 0 unspecified atom stereocenters. The summed E-state index contributed by atoms with van der Waals surface area (Å²) in [6.07, 6.45) is 6.48. The molecule has 0 aromatic heterocycles. The highest BCUT2D eigenvalue weighted by atomic mass is 32.2. The fraction of sp³-hybridized carbons (Fsp3) is 0.923. The maximum absolute atomic E-state index is 12.3. The molecule has 1 saturated carbocycles. The first-order valence-corrected chi connectivity index (χ1v) is 8.77. The van der Waals surface area contributed by atoms with Crippen LogP contribution in [0.5, 0.6) is 0 Å². The summed E-state index contributed by atoms with van der Waals surface area (Å²) in [4.78, 5) is 2.07. The third kappa shape index (κ3) is 4.16. The largest absolute Gasteiger partial charge is 0.290 e. The van der Waals surface area contributed by atoms with Crippen molar-refractivity contribution in [3.05, 3.63) is 0 Å². The number of likely N-dealkylation sites (tertiary alicyclic amines) is 1. The van der Waals surface area contributed by atoms with Crippen LogP contribution < -0.4 is 4.72 Å². The summed E-state index contributed by atoms with van der Waals surface area (Å²) >= 11 is 0. The van der Waals surface area contributed by atoms with Crippen molar-refractivity contribution >= 4 is 10.0 Å². The average Bonchev–Trinajstić information content (AvgIpc) is 2.42. The van der Waals surface area contributed by atoms with Crippen LogP contribution in [-0.2, 0) is 10.0 Å². The highest BCUT2D eigenvalue weighted by Crippen LogP contribution is 2.24. The molecule has 6 heteroatoms. The lowest BCUT2D eigenvalue weighted by atomic mass is 10.0. The molecule has 0 atom stereocenters. The van der Waals surface area contributed by atoms with Crippen molar-refractivity contribution in [1.82, 2.24) is 9.62 Å². The minimum absolute atomic E-state index is 0.0573. The molecule has 0 spiro atoms. The molecule has 1 saturated heterocycles. The van der Waals surface area contributed by atoms with Crippen LogP contribution in [0.4, 0.5) is 0 Å². The number of sulfonamides is 1. The summed E-state index contributed by atoms with van der Waals surface area (Å²) in [7, 11) is -3.15. The molecule has 5 nitrogen and oxygen atoms in total. The van der Waals surface area contributed by atoms with Gasteiger partial charge in [-0.2, -0.15) is 5.26 Å². The van der Waals surface area contributed by atoms with E-state index in [0.717, 1.165) is 51.6 Å². The average molecular weight is 285 g/mol. The minimum atomic E-state index is -3.15. The maximum atomic E-state index is 12.3. The van der Waals surface area contributed by atoms with Crippen LogP contribution in [0.2, 0.25) is 0 Å². The van der Waals surface area contributed by atoms with Crippen molar-refractivity contribution in [1.29, 1.82) is 5.26 Å². The topological polar surface area (TPSA) is 73.2 Å². The zero-order valence-electron chi connectivity index (χ0n) is 11.3. The molecule has 1 N–H and O–H groups in total. The zero-order chi connectivity index (χ0) is 13.7. The smallest absolute Gasteiger partial charge is 0.214 e. The number of nitriles is 1. The minimum Gasteiger partial charge on any atom is -0.290 e. The second-order valence-corrected chi connectivity index (χ2v) is 7.62.